The molecule has 3 unspecified atom stereocenters. The number of nitrogens with one attached hydrogen (secondary N) is 1. The summed E-state index contributed by atoms with van der Waals surface area (Å²) in [6, 6.07) is 0.600. The quantitative estimate of drug-likeness (QED) is 0.493. The number of ether oxygens (including phenoxy) is 1. The van der Waals surface area contributed by atoms with E-state index in [1.54, 1.807) is 0 Å². The maximum Gasteiger partial charge on any atom is 0.0730 e. The van der Waals surface area contributed by atoms with Gasteiger partial charge in [0.05, 0.1) is 6.10 Å². The normalized spacial score (nSPS) is 26.1. The molecule has 1 aliphatic carbocycles. The topological polar surface area (TPSA) is 21.3 Å². The fraction of sp³-hybridized carbons (Fsp3) is 1.00. The molecule has 0 heterocycles. The molecule has 0 aliphatic heterocycles. The predicted octanol–water partition coefficient (Wildman–Crippen LogP) is 5.31. The van der Waals surface area contributed by atoms with Gasteiger partial charge in [-0.3, -0.25) is 0 Å². The lowest BCUT2D eigenvalue weighted by Gasteiger charge is -2.36. The molecule has 2 nitrogen and oxygen atoms in total. The second-order valence-electron chi connectivity index (χ2n) is 6.81. The molecule has 1 saturated carbocycles. The van der Waals surface area contributed by atoms with E-state index in [9.17, 15) is 0 Å². The Kier molecular flexibility index (Phi) is 11.3. The summed E-state index contributed by atoms with van der Waals surface area (Å²) in [7, 11) is 0. The van der Waals surface area contributed by atoms with Gasteiger partial charge in [0, 0.05) is 12.6 Å². The standard InChI is InChI=1S/C19H39NO/c1-4-7-8-9-10-11-15-21-19-16-17(12-5-2)13-14-18(19)20-6-3/h17-20H,4-16H2,1-3H3. The monoisotopic (exact) mass is 297 g/mol. The van der Waals surface area contributed by atoms with Gasteiger partial charge < -0.3 is 10.1 Å². The summed E-state index contributed by atoms with van der Waals surface area (Å²) in [5, 5.41) is 3.64. The minimum absolute atomic E-state index is 0.464. The minimum Gasteiger partial charge on any atom is -0.377 e. The van der Waals surface area contributed by atoms with Crippen LogP contribution in [0.25, 0.3) is 0 Å². The molecule has 1 N–H and O–H groups in total. The molecule has 0 aromatic rings. The zero-order valence-corrected chi connectivity index (χ0v) is 14.8. The lowest BCUT2D eigenvalue weighted by atomic mass is 9.81. The first kappa shape index (κ1) is 19.0. The van der Waals surface area contributed by atoms with Crippen molar-refractivity contribution in [3.8, 4) is 0 Å². The van der Waals surface area contributed by atoms with Crippen LogP contribution in [0.5, 0.6) is 0 Å². The van der Waals surface area contributed by atoms with Gasteiger partial charge >= 0.3 is 0 Å². The summed E-state index contributed by atoms with van der Waals surface area (Å²) in [5.74, 6) is 0.902. The van der Waals surface area contributed by atoms with Crippen molar-refractivity contribution in [2.45, 2.75) is 104 Å². The van der Waals surface area contributed by atoms with Crippen LogP contribution in [0.2, 0.25) is 0 Å². The second kappa shape index (κ2) is 12.5. The van der Waals surface area contributed by atoms with Crippen molar-refractivity contribution in [2.75, 3.05) is 13.2 Å². The third-order valence-corrected chi connectivity index (χ3v) is 4.89. The molecule has 21 heavy (non-hydrogen) atoms. The van der Waals surface area contributed by atoms with Crippen LogP contribution in [0.3, 0.4) is 0 Å². The van der Waals surface area contributed by atoms with Crippen LogP contribution in [0, 0.1) is 5.92 Å². The van der Waals surface area contributed by atoms with Crippen molar-refractivity contribution < 1.29 is 4.74 Å². The van der Waals surface area contributed by atoms with Crippen molar-refractivity contribution in [1.29, 1.82) is 0 Å². The first-order chi connectivity index (χ1) is 10.3. The lowest BCUT2D eigenvalue weighted by Crippen LogP contribution is -2.45. The highest BCUT2D eigenvalue weighted by molar-refractivity contribution is 4.85. The Bertz CT molecular complexity index is 232. The molecular formula is C19H39NO. The van der Waals surface area contributed by atoms with Crippen LogP contribution in [0.15, 0.2) is 0 Å². The van der Waals surface area contributed by atoms with Crippen LogP contribution in [-0.4, -0.2) is 25.3 Å². The smallest absolute Gasteiger partial charge is 0.0730 e. The van der Waals surface area contributed by atoms with Crippen molar-refractivity contribution in [3.05, 3.63) is 0 Å². The minimum atomic E-state index is 0.464. The fourth-order valence-corrected chi connectivity index (χ4v) is 3.68. The van der Waals surface area contributed by atoms with Gasteiger partial charge in [-0.1, -0.05) is 65.7 Å². The van der Waals surface area contributed by atoms with E-state index in [4.69, 9.17) is 4.74 Å². The van der Waals surface area contributed by atoms with Gasteiger partial charge in [-0.2, -0.15) is 0 Å². The molecule has 2 heteroatoms. The van der Waals surface area contributed by atoms with Gasteiger partial charge in [0.2, 0.25) is 0 Å². The maximum atomic E-state index is 6.27. The SMILES string of the molecule is CCCCCCCCOC1CC(CCC)CCC1NCC. The predicted molar refractivity (Wildman–Crippen MR) is 92.8 cm³/mol. The van der Waals surface area contributed by atoms with Gasteiger partial charge in [0.25, 0.3) is 0 Å². The van der Waals surface area contributed by atoms with E-state index >= 15 is 0 Å². The van der Waals surface area contributed by atoms with Crippen LogP contribution in [0.4, 0.5) is 0 Å². The van der Waals surface area contributed by atoms with Crippen molar-refractivity contribution in [2.24, 2.45) is 5.92 Å². The third kappa shape index (κ3) is 8.21. The van der Waals surface area contributed by atoms with E-state index in [1.165, 1.54) is 70.6 Å². The van der Waals surface area contributed by atoms with Crippen LogP contribution in [0.1, 0.15) is 91.4 Å². The Labute approximate surface area is 133 Å². The molecule has 0 saturated heterocycles. The average molecular weight is 298 g/mol. The Morgan fingerprint density at radius 3 is 2.38 bits per heavy atom. The number of rotatable bonds is 12. The Balaban J connectivity index is 2.20. The van der Waals surface area contributed by atoms with Gasteiger partial charge in [-0.15, -0.1) is 0 Å². The van der Waals surface area contributed by atoms with E-state index in [0.29, 0.717) is 12.1 Å². The summed E-state index contributed by atoms with van der Waals surface area (Å²) in [4.78, 5) is 0. The molecule has 0 bridgehead atoms. The van der Waals surface area contributed by atoms with E-state index in [1.807, 2.05) is 0 Å². The molecule has 0 spiro atoms. The van der Waals surface area contributed by atoms with E-state index in [2.05, 4.69) is 26.1 Å². The van der Waals surface area contributed by atoms with Gasteiger partial charge in [0.1, 0.15) is 0 Å². The molecule has 3 atom stereocenters. The highest BCUT2D eigenvalue weighted by Gasteiger charge is 2.29. The fourth-order valence-electron chi connectivity index (χ4n) is 3.68. The lowest BCUT2D eigenvalue weighted by molar-refractivity contribution is -0.0123. The Morgan fingerprint density at radius 1 is 0.905 bits per heavy atom. The van der Waals surface area contributed by atoms with Gasteiger partial charge in [0.15, 0.2) is 0 Å². The third-order valence-electron chi connectivity index (χ3n) is 4.89. The molecule has 1 rings (SSSR count). The molecule has 0 radical (unpaired) electrons. The zero-order valence-electron chi connectivity index (χ0n) is 14.8. The summed E-state index contributed by atoms with van der Waals surface area (Å²) >= 11 is 0. The molecule has 0 aromatic carbocycles. The summed E-state index contributed by atoms with van der Waals surface area (Å²) in [5.41, 5.74) is 0. The zero-order chi connectivity index (χ0) is 15.3. The number of likely N-dealkylation sites (N-methyl/N-ethyl adjacent to an activating group) is 1. The number of hydrogen-bond donors (Lipinski definition) is 1. The molecular weight excluding hydrogens is 258 g/mol. The summed E-state index contributed by atoms with van der Waals surface area (Å²) < 4.78 is 6.27. The maximum absolute atomic E-state index is 6.27. The van der Waals surface area contributed by atoms with Crippen LogP contribution in [-0.2, 0) is 4.74 Å². The van der Waals surface area contributed by atoms with Crippen LogP contribution < -0.4 is 5.32 Å². The largest absolute Gasteiger partial charge is 0.377 e. The van der Waals surface area contributed by atoms with E-state index < -0.39 is 0 Å². The van der Waals surface area contributed by atoms with E-state index in [0.717, 1.165) is 19.1 Å². The average Bonchev–Trinajstić information content (AvgIpc) is 2.49. The number of hydrogen-bond acceptors (Lipinski definition) is 2. The molecule has 1 aliphatic rings. The van der Waals surface area contributed by atoms with Gasteiger partial charge in [-0.05, 0) is 38.1 Å². The molecule has 1 fully saturated rings. The van der Waals surface area contributed by atoms with Gasteiger partial charge in [-0.25, -0.2) is 0 Å². The summed E-state index contributed by atoms with van der Waals surface area (Å²) in [6.07, 6.45) is 15.3. The highest BCUT2D eigenvalue weighted by Crippen LogP contribution is 2.30. The second-order valence-corrected chi connectivity index (χ2v) is 6.81. The highest BCUT2D eigenvalue weighted by atomic mass is 16.5. The van der Waals surface area contributed by atoms with Crippen molar-refractivity contribution in [1.82, 2.24) is 5.32 Å². The van der Waals surface area contributed by atoms with Crippen molar-refractivity contribution in [3.63, 3.8) is 0 Å². The molecule has 0 amide bonds. The summed E-state index contributed by atoms with van der Waals surface area (Å²) in [6.45, 7) is 8.84. The van der Waals surface area contributed by atoms with Crippen molar-refractivity contribution >= 4 is 0 Å². The molecule has 0 aromatic heterocycles. The number of unbranched alkanes of at least 4 members (excludes halogenated alkanes) is 5. The first-order valence-electron chi connectivity index (χ1n) is 9.66. The molecule has 126 valence electrons. The van der Waals surface area contributed by atoms with E-state index in [-0.39, 0.29) is 0 Å². The Hall–Kier alpha value is -0.0800. The van der Waals surface area contributed by atoms with Crippen LogP contribution >= 0.6 is 0 Å². The Morgan fingerprint density at radius 2 is 1.67 bits per heavy atom. The first-order valence-corrected chi connectivity index (χ1v) is 9.66.